The number of pyridine rings is 1. The molecule has 0 spiro atoms. The molecule has 0 aliphatic rings. The number of aromatic nitrogens is 5. The highest BCUT2D eigenvalue weighted by Gasteiger charge is 2.25. The highest BCUT2D eigenvalue weighted by atomic mass is 15.2. The summed E-state index contributed by atoms with van der Waals surface area (Å²) in [6.45, 7) is 0. The predicted molar refractivity (Wildman–Crippen MR) is 236 cm³/mol. The Kier molecular flexibility index (Phi) is 6.10. The highest BCUT2D eigenvalue weighted by molar-refractivity contribution is 6.29. The molecule has 13 aromatic rings. The van der Waals surface area contributed by atoms with Gasteiger partial charge >= 0.3 is 0 Å². The topological polar surface area (TPSA) is 40.0 Å². The standard InChI is InChI=1S/C52H31N5/c1-3-14-32(15-4-1)49-39-21-9-11-22-42(39)53-52(54-49)57-44-23-12-10-19-37(44)40-30-33(26-28-45(40)57)34-27-29-46-41(31-34)48-47-25-13-24-43-36-18-7-8-20-38(36)50(56(43)47)51(48)55(46)35-16-5-2-6-17-35/h1-31H. The normalized spacial score (nSPS) is 12.2. The molecule has 0 aliphatic heterocycles. The molecule has 0 N–H and O–H groups in total. The summed E-state index contributed by atoms with van der Waals surface area (Å²) in [5, 5.41) is 8.45. The molecule has 5 nitrogen and oxygen atoms in total. The van der Waals surface area contributed by atoms with Gasteiger partial charge in [-0.2, -0.15) is 0 Å². The minimum Gasteiger partial charge on any atom is -0.307 e. The summed E-state index contributed by atoms with van der Waals surface area (Å²) in [6.07, 6.45) is 0. The first-order valence-corrected chi connectivity index (χ1v) is 19.4. The first kappa shape index (κ1) is 30.6. The van der Waals surface area contributed by atoms with Crippen molar-refractivity contribution in [1.82, 2.24) is 23.5 Å². The van der Waals surface area contributed by atoms with Crippen molar-refractivity contribution in [3.8, 4) is 34.0 Å². The van der Waals surface area contributed by atoms with Gasteiger partial charge in [-0.05, 0) is 71.8 Å². The zero-order valence-corrected chi connectivity index (χ0v) is 30.6. The maximum Gasteiger partial charge on any atom is 0.235 e. The fourth-order valence-electron chi connectivity index (χ4n) is 9.57. The smallest absolute Gasteiger partial charge is 0.235 e. The third kappa shape index (κ3) is 4.17. The lowest BCUT2D eigenvalue weighted by Gasteiger charge is -2.12. The van der Waals surface area contributed by atoms with Gasteiger partial charge in [0.15, 0.2) is 0 Å². The Morgan fingerprint density at radius 1 is 0.333 bits per heavy atom. The van der Waals surface area contributed by atoms with Gasteiger partial charge in [-0.1, -0.05) is 127 Å². The van der Waals surface area contributed by atoms with Gasteiger partial charge in [0.25, 0.3) is 0 Å². The van der Waals surface area contributed by atoms with Crippen molar-refractivity contribution < 1.29 is 0 Å². The van der Waals surface area contributed by atoms with Gasteiger partial charge in [0, 0.05) is 49.0 Å². The number of hydrogen-bond donors (Lipinski definition) is 0. The van der Waals surface area contributed by atoms with Crippen molar-refractivity contribution >= 4 is 81.8 Å². The van der Waals surface area contributed by atoms with Crippen LogP contribution in [0.25, 0.3) is 116 Å². The monoisotopic (exact) mass is 725 g/mol. The van der Waals surface area contributed by atoms with Crippen LogP contribution in [0.1, 0.15) is 0 Å². The number of fused-ring (bicyclic) bond motifs is 12. The van der Waals surface area contributed by atoms with E-state index in [9.17, 15) is 0 Å². The van der Waals surface area contributed by atoms with E-state index in [1.165, 1.54) is 71.0 Å². The fourth-order valence-corrected chi connectivity index (χ4v) is 9.57. The van der Waals surface area contributed by atoms with Crippen LogP contribution in [0.15, 0.2) is 188 Å². The molecule has 5 heteroatoms. The Bertz CT molecular complexity index is 3740. The summed E-state index contributed by atoms with van der Waals surface area (Å²) in [4.78, 5) is 10.5. The molecular weight excluding hydrogens is 695 g/mol. The van der Waals surface area contributed by atoms with Crippen molar-refractivity contribution in [2.24, 2.45) is 0 Å². The van der Waals surface area contributed by atoms with Gasteiger partial charge in [-0.3, -0.25) is 4.57 Å². The first-order valence-electron chi connectivity index (χ1n) is 19.4. The Labute approximate surface area is 326 Å². The quantitative estimate of drug-likeness (QED) is 0.181. The Hall–Kier alpha value is -7.76. The summed E-state index contributed by atoms with van der Waals surface area (Å²) >= 11 is 0. The van der Waals surface area contributed by atoms with E-state index in [-0.39, 0.29) is 0 Å². The van der Waals surface area contributed by atoms with Crippen LogP contribution in [0.3, 0.4) is 0 Å². The van der Waals surface area contributed by atoms with E-state index in [1.807, 2.05) is 12.1 Å². The number of rotatable bonds is 4. The van der Waals surface area contributed by atoms with Crippen LogP contribution < -0.4 is 0 Å². The largest absolute Gasteiger partial charge is 0.307 e. The van der Waals surface area contributed by atoms with E-state index in [2.05, 4.69) is 189 Å². The van der Waals surface area contributed by atoms with Crippen molar-refractivity contribution in [2.45, 2.75) is 0 Å². The maximum atomic E-state index is 5.28. The summed E-state index contributed by atoms with van der Waals surface area (Å²) in [5.74, 6) is 0.663. The van der Waals surface area contributed by atoms with Gasteiger partial charge in [0.05, 0.1) is 49.8 Å². The van der Waals surface area contributed by atoms with Gasteiger partial charge in [0.2, 0.25) is 5.95 Å². The summed E-state index contributed by atoms with van der Waals surface area (Å²) in [6, 6.07) is 67.5. The number of nitrogens with zero attached hydrogens (tertiary/aromatic N) is 5. The van der Waals surface area contributed by atoms with Crippen molar-refractivity contribution in [2.75, 3.05) is 0 Å². The molecule has 6 aromatic heterocycles. The minimum absolute atomic E-state index is 0.663. The van der Waals surface area contributed by atoms with Gasteiger partial charge in [-0.25, -0.2) is 9.97 Å². The van der Waals surface area contributed by atoms with E-state index in [1.54, 1.807) is 0 Å². The fraction of sp³-hybridized carbons (Fsp3) is 0. The zero-order valence-electron chi connectivity index (χ0n) is 30.6. The van der Waals surface area contributed by atoms with E-state index in [0.29, 0.717) is 5.95 Å². The Morgan fingerprint density at radius 2 is 0.912 bits per heavy atom. The third-order valence-corrected chi connectivity index (χ3v) is 12.0. The van der Waals surface area contributed by atoms with Crippen LogP contribution in [0.4, 0.5) is 0 Å². The first-order chi connectivity index (χ1) is 28.3. The Morgan fingerprint density at radius 3 is 1.70 bits per heavy atom. The lowest BCUT2D eigenvalue weighted by molar-refractivity contribution is 1.01. The van der Waals surface area contributed by atoms with E-state index >= 15 is 0 Å². The molecule has 264 valence electrons. The van der Waals surface area contributed by atoms with E-state index in [4.69, 9.17) is 9.97 Å². The second-order valence-electron chi connectivity index (χ2n) is 15.0. The molecule has 6 heterocycles. The van der Waals surface area contributed by atoms with Crippen LogP contribution in [0.5, 0.6) is 0 Å². The summed E-state index contributed by atoms with van der Waals surface area (Å²) in [5.41, 5.74) is 14.7. The average molecular weight is 726 g/mol. The van der Waals surface area contributed by atoms with Crippen molar-refractivity contribution in [3.05, 3.63) is 188 Å². The molecule has 13 rings (SSSR count). The predicted octanol–water partition coefficient (Wildman–Crippen LogP) is 13.2. The van der Waals surface area contributed by atoms with Crippen LogP contribution >= 0.6 is 0 Å². The minimum atomic E-state index is 0.663. The van der Waals surface area contributed by atoms with Gasteiger partial charge in [0.1, 0.15) is 0 Å². The maximum absolute atomic E-state index is 5.28. The van der Waals surface area contributed by atoms with Crippen LogP contribution in [-0.4, -0.2) is 23.5 Å². The number of benzene rings is 7. The van der Waals surface area contributed by atoms with E-state index in [0.717, 1.165) is 38.9 Å². The zero-order chi connectivity index (χ0) is 37.2. The van der Waals surface area contributed by atoms with Crippen LogP contribution in [0.2, 0.25) is 0 Å². The summed E-state index contributed by atoms with van der Waals surface area (Å²) in [7, 11) is 0. The molecule has 0 atom stereocenters. The second kappa shape index (κ2) is 11.4. The Balaban J connectivity index is 1.06. The van der Waals surface area contributed by atoms with Gasteiger partial charge in [-0.15, -0.1) is 0 Å². The van der Waals surface area contributed by atoms with Crippen LogP contribution in [-0.2, 0) is 0 Å². The molecule has 57 heavy (non-hydrogen) atoms. The molecule has 0 aliphatic carbocycles. The van der Waals surface area contributed by atoms with Gasteiger partial charge < -0.3 is 8.97 Å². The van der Waals surface area contributed by atoms with Crippen molar-refractivity contribution in [3.63, 3.8) is 0 Å². The molecule has 0 fully saturated rings. The average Bonchev–Trinajstić information content (AvgIpc) is 4.00. The third-order valence-electron chi connectivity index (χ3n) is 12.0. The molecule has 7 aromatic carbocycles. The SMILES string of the molecule is c1ccc(-c2nc(-n3c4ccccc4c4cc(-c5ccc6c(c5)c5c(c7c8ccccc8c8cccc5n87)n6-c5ccccc5)ccc43)nc3ccccc23)cc1. The molecule has 0 radical (unpaired) electrons. The number of hydrogen-bond acceptors (Lipinski definition) is 2. The second-order valence-corrected chi connectivity index (χ2v) is 15.0. The molecule has 0 unspecified atom stereocenters. The molecule has 0 saturated carbocycles. The highest BCUT2D eigenvalue weighted by Crippen LogP contribution is 2.45. The lowest BCUT2D eigenvalue weighted by atomic mass is 10.0. The van der Waals surface area contributed by atoms with E-state index < -0.39 is 0 Å². The molecule has 0 bridgehead atoms. The molecule has 0 amide bonds. The molecule has 0 saturated heterocycles. The lowest BCUT2D eigenvalue weighted by Crippen LogP contribution is -2.03. The number of para-hydroxylation sites is 3. The van der Waals surface area contributed by atoms with Crippen molar-refractivity contribution in [1.29, 1.82) is 0 Å². The van der Waals surface area contributed by atoms with Crippen LogP contribution in [0, 0.1) is 0 Å². The molecular formula is C52H31N5. The summed E-state index contributed by atoms with van der Waals surface area (Å²) < 4.78 is 7.16.